The van der Waals surface area contributed by atoms with E-state index in [-0.39, 0.29) is 0 Å². The van der Waals surface area contributed by atoms with Crippen LogP contribution in [0.15, 0.2) is 18.3 Å². The number of anilines is 1. The van der Waals surface area contributed by atoms with E-state index in [2.05, 4.69) is 10.3 Å². The summed E-state index contributed by atoms with van der Waals surface area (Å²) >= 11 is 0. The highest BCUT2D eigenvalue weighted by Gasteiger charge is 2.16. The molecule has 0 aliphatic rings. The van der Waals surface area contributed by atoms with Gasteiger partial charge < -0.3 is 4.74 Å². The lowest BCUT2D eigenvalue weighted by molar-refractivity contribution is 0.0636. The van der Waals surface area contributed by atoms with Gasteiger partial charge in [0, 0.05) is 5.69 Å². The fraction of sp³-hybridized carbons (Fsp3) is 0.500. The van der Waals surface area contributed by atoms with Gasteiger partial charge >= 0.3 is 6.09 Å². The largest absolute Gasteiger partial charge is 0.444 e. The molecular weight excluding hydrogens is 204 g/mol. The third-order valence-electron chi connectivity index (χ3n) is 1.83. The molecule has 0 spiro atoms. The number of aromatic nitrogens is 1. The second-order valence-electron chi connectivity index (χ2n) is 4.52. The number of carbonyl (C=O) groups excluding carboxylic acids is 1. The highest BCUT2D eigenvalue weighted by molar-refractivity contribution is 5.84. The third kappa shape index (κ3) is 4.29. The van der Waals surface area contributed by atoms with Crippen LogP contribution in [-0.2, 0) is 11.2 Å². The smallest absolute Gasteiger partial charge is 0.412 e. The molecule has 0 unspecified atom stereocenters. The summed E-state index contributed by atoms with van der Waals surface area (Å²) in [5.74, 6) is 0. The van der Waals surface area contributed by atoms with Crippen molar-refractivity contribution < 1.29 is 9.53 Å². The van der Waals surface area contributed by atoms with Crippen LogP contribution < -0.4 is 5.32 Å². The van der Waals surface area contributed by atoms with Crippen molar-refractivity contribution in [3.63, 3.8) is 0 Å². The highest BCUT2D eigenvalue weighted by Crippen LogP contribution is 2.11. The van der Waals surface area contributed by atoms with Crippen molar-refractivity contribution in [3.05, 3.63) is 24.0 Å². The fourth-order valence-corrected chi connectivity index (χ4v) is 1.13. The lowest BCUT2D eigenvalue weighted by atomic mass is 10.2. The molecule has 1 aromatic heterocycles. The van der Waals surface area contributed by atoms with E-state index in [1.807, 2.05) is 39.8 Å². The van der Waals surface area contributed by atoms with Gasteiger partial charge in [0.25, 0.3) is 0 Å². The maximum atomic E-state index is 11.4. The molecule has 0 bridgehead atoms. The van der Waals surface area contributed by atoms with Crippen molar-refractivity contribution in [1.29, 1.82) is 0 Å². The lowest BCUT2D eigenvalue weighted by Crippen LogP contribution is -2.27. The lowest BCUT2D eigenvalue weighted by Gasteiger charge is -2.19. The summed E-state index contributed by atoms with van der Waals surface area (Å²) < 4.78 is 5.12. The number of carbonyl (C=O) groups is 1. The number of hydrogen-bond donors (Lipinski definition) is 1. The van der Waals surface area contributed by atoms with E-state index in [9.17, 15) is 4.79 Å². The zero-order valence-corrected chi connectivity index (χ0v) is 10.2. The van der Waals surface area contributed by atoms with Crippen LogP contribution in [0.3, 0.4) is 0 Å². The number of pyridine rings is 1. The molecule has 1 N–H and O–H groups in total. The standard InChI is InChI=1S/C12H18N2O2/c1-5-9-6-7-10(8-13-9)14-11(15)16-12(2,3)4/h6-8H,5H2,1-4H3,(H,14,15). The first-order valence-corrected chi connectivity index (χ1v) is 5.35. The molecule has 1 rings (SSSR count). The third-order valence-corrected chi connectivity index (χ3v) is 1.83. The molecule has 0 radical (unpaired) electrons. The average Bonchev–Trinajstić information content (AvgIpc) is 2.16. The number of ether oxygens (including phenoxy) is 1. The number of aryl methyl sites for hydroxylation is 1. The molecule has 1 aromatic rings. The molecule has 0 saturated carbocycles. The van der Waals surface area contributed by atoms with Gasteiger partial charge in [0.15, 0.2) is 0 Å². The van der Waals surface area contributed by atoms with Crippen molar-refractivity contribution in [2.45, 2.75) is 39.7 Å². The Hall–Kier alpha value is -1.58. The van der Waals surface area contributed by atoms with E-state index in [4.69, 9.17) is 4.74 Å². The van der Waals surface area contributed by atoms with Gasteiger partial charge in [-0.1, -0.05) is 6.92 Å². The minimum absolute atomic E-state index is 0.460. The molecular formula is C12H18N2O2. The van der Waals surface area contributed by atoms with Gasteiger partial charge in [-0.2, -0.15) is 0 Å². The zero-order chi connectivity index (χ0) is 12.2. The van der Waals surface area contributed by atoms with Gasteiger partial charge in [0.05, 0.1) is 11.9 Å². The van der Waals surface area contributed by atoms with Crippen LogP contribution in [0.1, 0.15) is 33.4 Å². The second-order valence-corrected chi connectivity index (χ2v) is 4.52. The second kappa shape index (κ2) is 4.96. The van der Waals surface area contributed by atoms with E-state index in [1.165, 1.54) is 0 Å². The Morgan fingerprint density at radius 3 is 2.56 bits per heavy atom. The molecule has 16 heavy (non-hydrogen) atoms. The first-order chi connectivity index (χ1) is 7.40. The molecule has 1 amide bonds. The summed E-state index contributed by atoms with van der Waals surface area (Å²) in [6, 6.07) is 3.70. The monoisotopic (exact) mass is 222 g/mol. The van der Waals surface area contributed by atoms with Crippen LogP contribution in [0.4, 0.5) is 10.5 Å². The number of hydrogen-bond acceptors (Lipinski definition) is 3. The van der Waals surface area contributed by atoms with E-state index in [0.717, 1.165) is 12.1 Å². The summed E-state index contributed by atoms with van der Waals surface area (Å²) in [6.45, 7) is 7.50. The van der Waals surface area contributed by atoms with Crippen molar-refractivity contribution in [2.75, 3.05) is 5.32 Å². The average molecular weight is 222 g/mol. The van der Waals surface area contributed by atoms with Crippen molar-refractivity contribution >= 4 is 11.8 Å². The van der Waals surface area contributed by atoms with Gasteiger partial charge in [-0.25, -0.2) is 4.79 Å². The minimum Gasteiger partial charge on any atom is -0.444 e. The van der Waals surface area contributed by atoms with E-state index in [0.29, 0.717) is 5.69 Å². The van der Waals surface area contributed by atoms with Crippen molar-refractivity contribution in [1.82, 2.24) is 4.98 Å². The summed E-state index contributed by atoms with van der Waals surface area (Å²) in [4.78, 5) is 15.6. The molecule has 1 heterocycles. The Bertz CT molecular complexity index is 352. The first-order valence-electron chi connectivity index (χ1n) is 5.35. The van der Waals surface area contributed by atoms with Crippen LogP contribution in [0.5, 0.6) is 0 Å². The van der Waals surface area contributed by atoms with Gasteiger partial charge in [-0.3, -0.25) is 10.3 Å². The molecule has 0 atom stereocenters. The first kappa shape index (κ1) is 12.5. The molecule has 4 nitrogen and oxygen atoms in total. The van der Waals surface area contributed by atoms with Gasteiger partial charge in [-0.15, -0.1) is 0 Å². The molecule has 88 valence electrons. The topological polar surface area (TPSA) is 51.2 Å². The Morgan fingerprint density at radius 1 is 1.44 bits per heavy atom. The molecule has 4 heteroatoms. The van der Waals surface area contributed by atoms with Crippen LogP contribution >= 0.6 is 0 Å². The zero-order valence-electron chi connectivity index (χ0n) is 10.2. The Balaban J connectivity index is 2.56. The number of rotatable bonds is 2. The normalized spacial score (nSPS) is 11.0. The van der Waals surface area contributed by atoms with Gasteiger partial charge in [-0.05, 0) is 39.3 Å². The van der Waals surface area contributed by atoms with Crippen molar-refractivity contribution in [2.24, 2.45) is 0 Å². The van der Waals surface area contributed by atoms with Crippen LogP contribution in [0.2, 0.25) is 0 Å². The highest BCUT2D eigenvalue weighted by atomic mass is 16.6. The molecule has 0 aromatic carbocycles. The van der Waals surface area contributed by atoms with Crippen LogP contribution in [0, 0.1) is 0 Å². The van der Waals surface area contributed by atoms with Gasteiger partial charge in [0.2, 0.25) is 0 Å². The van der Waals surface area contributed by atoms with Gasteiger partial charge in [0.1, 0.15) is 5.60 Å². The summed E-state index contributed by atoms with van der Waals surface area (Å²) in [6.07, 6.45) is 2.05. The molecule has 0 fully saturated rings. The summed E-state index contributed by atoms with van der Waals surface area (Å²) in [5.41, 5.74) is 1.15. The Morgan fingerprint density at radius 2 is 2.12 bits per heavy atom. The molecule has 0 aliphatic carbocycles. The van der Waals surface area contributed by atoms with Crippen LogP contribution in [0.25, 0.3) is 0 Å². The molecule has 0 saturated heterocycles. The maximum Gasteiger partial charge on any atom is 0.412 e. The maximum absolute atomic E-state index is 11.4. The number of nitrogens with one attached hydrogen (secondary N) is 1. The van der Waals surface area contributed by atoms with Crippen molar-refractivity contribution in [3.8, 4) is 0 Å². The fourth-order valence-electron chi connectivity index (χ4n) is 1.13. The number of nitrogens with zero attached hydrogens (tertiary/aromatic N) is 1. The Kier molecular flexibility index (Phi) is 3.88. The van der Waals surface area contributed by atoms with E-state index < -0.39 is 11.7 Å². The summed E-state index contributed by atoms with van der Waals surface area (Å²) in [7, 11) is 0. The minimum atomic E-state index is -0.485. The van der Waals surface area contributed by atoms with Crippen LogP contribution in [-0.4, -0.2) is 16.7 Å². The predicted octanol–water partition coefficient (Wildman–Crippen LogP) is 2.99. The summed E-state index contributed by atoms with van der Waals surface area (Å²) in [5, 5.41) is 2.63. The number of amides is 1. The SMILES string of the molecule is CCc1ccc(NC(=O)OC(C)(C)C)cn1. The molecule has 0 aliphatic heterocycles. The van der Waals surface area contributed by atoms with E-state index >= 15 is 0 Å². The quantitative estimate of drug-likeness (QED) is 0.836. The van der Waals surface area contributed by atoms with E-state index in [1.54, 1.807) is 6.20 Å². The Labute approximate surface area is 96.0 Å². The predicted molar refractivity (Wildman–Crippen MR) is 63.5 cm³/mol.